The van der Waals surface area contributed by atoms with Crippen LogP contribution in [0.4, 0.5) is 11.4 Å². The van der Waals surface area contributed by atoms with Gasteiger partial charge in [-0.1, -0.05) is 12.1 Å². The van der Waals surface area contributed by atoms with E-state index in [1.165, 1.54) is 23.3 Å². The average Bonchev–Trinajstić information content (AvgIpc) is 3.12. The number of methoxy groups -OCH3 is 1. The summed E-state index contributed by atoms with van der Waals surface area (Å²) >= 11 is 0. The number of nitro groups is 1. The first-order valence-corrected chi connectivity index (χ1v) is 8.80. The van der Waals surface area contributed by atoms with E-state index < -0.39 is 11.0 Å². The molecule has 27 heavy (non-hydrogen) atoms. The minimum atomic E-state index is -0.479. The van der Waals surface area contributed by atoms with Gasteiger partial charge in [-0.05, 0) is 42.2 Å². The Bertz CT molecular complexity index is 901. The van der Waals surface area contributed by atoms with E-state index in [9.17, 15) is 14.9 Å². The Kier molecular flexibility index (Phi) is 4.51. The molecule has 1 fully saturated rings. The topological polar surface area (TPSA) is 106 Å². The fourth-order valence-electron chi connectivity index (χ4n) is 3.96. The molecule has 3 atom stereocenters. The second-order valence-electron chi connectivity index (χ2n) is 6.81. The zero-order chi connectivity index (χ0) is 19.0. The molecule has 2 aliphatic rings. The number of carbonyl (C=O) groups excluding carboxylic acids is 1. The van der Waals surface area contributed by atoms with Crippen molar-refractivity contribution in [3.63, 3.8) is 0 Å². The number of benzene rings is 2. The largest absolute Gasteiger partial charge is 0.497 e. The highest BCUT2D eigenvalue weighted by molar-refractivity contribution is 5.95. The summed E-state index contributed by atoms with van der Waals surface area (Å²) in [6.45, 7) is 0. The van der Waals surface area contributed by atoms with Crippen molar-refractivity contribution in [3.8, 4) is 5.75 Å². The highest BCUT2D eigenvalue weighted by atomic mass is 16.6. The lowest BCUT2D eigenvalue weighted by Crippen LogP contribution is -2.42. The minimum absolute atomic E-state index is 0.0421. The monoisotopic (exact) mass is 368 g/mol. The molecule has 0 saturated carbocycles. The maximum absolute atomic E-state index is 12.8. The van der Waals surface area contributed by atoms with E-state index in [0.29, 0.717) is 5.69 Å². The van der Waals surface area contributed by atoms with Crippen molar-refractivity contribution in [2.75, 3.05) is 12.4 Å². The first kappa shape index (κ1) is 17.4. The number of carbonyl (C=O) groups is 1. The standard InChI is InChI=1S/C19H20N4O4/c1-27-14-6-8-15-11(9-14)5-7-16-17(15)21-22-18(16)19(24)20-12-3-2-4-13(10-12)23(25)26/h2-4,6,8-10,16-18,21-22H,5,7H2,1H3,(H,20,24). The maximum Gasteiger partial charge on any atom is 0.271 e. The predicted molar refractivity (Wildman–Crippen MR) is 99.3 cm³/mol. The maximum atomic E-state index is 12.8. The number of fused-ring (bicyclic) bond motifs is 3. The van der Waals surface area contributed by atoms with E-state index in [4.69, 9.17) is 4.74 Å². The molecule has 1 aliphatic heterocycles. The zero-order valence-electron chi connectivity index (χ0n) is 14.8. The summed E-state index contributed by atoms with van der Waals surface area (Å²) in [5.41, 5.74) is 9.10. The quantitative estimate of drug-likeness (QED) is 0.565. The molecule has 0 spiro atoms. The number of aryl methyl sites for hydroxylation is 1. The van der Waals surface area contributed by atoms with Crippen LogP contribution in [0.5, 0.6) is 5.75 Å². The number of nitrogens with one attached hydrogen (secondary N) is 3. The first-order chi connectivity index (χ1) is 13.1. The molecule has 0 bridgehead atoms. The van der Waals surface area contributed by atoms with Gasteiger partial charge in [0.05, 0.1) is 18.1 Å². The molecule has 2 aromatic rings. The second-order valence-corrected chi connectivity index (χ2v) is 6.81. The first-order valence-electron chi connectivity index (χ1n) is 8.80. The predicted octanol–water partition coefficient (Wildman–Crippen LogP) is 2.32. The smallest absolute Gasteiger partial charge is 0.271 e. The van der Waals surface area contributed by atoms with Gasteiger partial charge in [0.15, 0.2) is 0 Å². The molecule has 1 amide bonds. The van der Waals surface area contributed by atoms with Crippen LogP contribution in [0.15, 0.2) is 42.5 Å². The lowest BCUT2D eigenvalue weighted by molar-refractivity contribution is -0.384. The summed E-state index contributed by atoms with van der Waals surface area (Å²) in [6.07, 6.45) is 1.73. The molecule has 3 unspecified atom stereocenters. The van der Waals surface area contributed by atoms with Gasteiger partial charge in [0.1, 0.15) is 11.8 Å². The van der Waals surface area contributed by atoms with Gasteiger partial charge in [-0.25, -0.2) is 10.9 Å². The molecular formula is C19H20N4O4. The number of nitro benzene ring substituents is 1. The molecule has 4 rings (SSSR count). The number of ether oxygens (including phenoxy) is 1. The van der Waals surface area contributed by atoms with E-state index in [0.717, 1.165) is 18.6 Å². The third kappa shape index (κ3) is 3.24. The van der Waals surface area contributed by atoms with Gasteiger partial charge in [0.25, 0.3) is 5.69 Å². The molecular weight excluding hydrogens is 348 g/mol. The van der Waals surface area contributed by atoms with Crippen LogP contribution in [0.3, 0.4) is 0 Å². The average molecular weight is 368 g/mol. The van der Waals surface area contributed by atoms with Crippen LogP contribution in [0, 0.1) is 16.0 Å². The SMILES string of the molecule is COc1ccc2c(c1)CCC1C(C(=O)Nc3cccc([N+](=O)[O-])c3)NNC21. The number of hydrogen-bond acceptors (Lipinski definition) is 6. The molecule has 1 heterocycles. The molecule has 8 heteroatoms. The fraction of sp³-hybridized carbons (Fsp3) is 0.316. The van der Waals surface area contributed by atoms with Gasteiger partial charge in [-0.3, -0.25) is 14.9 Å². The summed E-state index contributed by atoms with van der Waals surface area (Å²) < 4.78 is 5.30. The Morgan fingerprint density at radius 1 is 1.26 bits per heavy atom. The van der Waals surface area contributed by atoms with Crippen LogP contribution >= 0.6 is 0 Å². The van der Waals surface area contributed by atoms with Crippen LogP contribution in [0.2, 0.25) is 0 Å². The van der Waals surface area contributed by atoms with Crippen molar-refractivity contribution in [2.24, 2.45) is 5.92 Å². The van der Waals surface area contributed by atoms with Gasteiger partial charge in [0.2, 0.25) is 5.91 Å². The van der Waals surface area contributed by atoms with Crippen molar-refractivity contribution >= 4 is 17.3 Å². The Morgan fingerprint density at radius 3 is 2.89 bits per heavy atom. The number of rotatable bonds is 4. The number of anilines is 1. The Labute approximate surface area is 156 Å². The highest BCUT2D eigenvalue weighted by Crippen LogP contribution is 2.40. The van der Waals surface area contributed by atoms with Gasteiger partial charge in [-0.15, -0.1) is 0 Å². The molecule has 1 saturated heterocycles. The lowest BCUT2D eigenvalue weighted by Gasteiger charge is -2.29. The molecule has 8 nitrogen and oxygen atoms in total. The molecule has 0 aromatic heterocycles. The van der Waals surface area contributed by atoms with Gasteiger partial charge in [0, 0.05) is 23.7 Å². The van der Waals surface area contributed by atoms with Crippen molar-refractivity contribution < 1.29 is 14.5 Å². The molecule has 2 aromatic carbocycles. The third-order valence-corrected chi connectivity index (χ3v) is 5.29. The van der Waals surface area contributed by atoms with Crippen molar-refractivity contribution in [2.45, 2.75) is 24.9 Å². The second kappa shape index (κ2) is 6.98. The van der Waals surface area contributed by atoms with Crippen LogP contribution in [-0.4, -0.2) is 24.0 Å². The van der Waals surface area contributed by atoms with Crippen molar-refractivity contribution in [3.05, 3.63) is 63.7 Å². The Morgan fingerprint density at radius 2 is 2.11 bits per heavy atom. The zero-order valence-corrected chi connectivity index (χ0v) is 14.8. The number of amides is 1. The van der Waals surface area contributed by atoms with Crippen LogP contribution in [0.1, 0.15) is 23.6 Å². The van der Waals surface area contributed by atoms with E-state index in [1.807, 2.05) is 18.2 Å². The summed E-state index contributed by atoms with van der Waals surface area (Å²) in [7, 11) is 1.65. The third-order valence-electron chi connectivity index (χ3n) is 5.29. The summed E-state index contributed by atoms with van der Waals surface area (Å²) in [5, 5.41) is 13.7. The molecule has 140 valence electrons. The normalized spacial score (nSPS) is 23.2. The van der Waals surface area contributed by atoms with Gasteiger partial charge in [-0.2, -0.15) is 0 Å². The van der Waals surface area contributed by atoms with Crippen LogP contribution < -0.4 is 20.9 Å². The van der Waals surface area contributed by atoms with E-state index in [1.54, 1.807) is 19.2 Å². The molecule has 1 aliphatic carbocycles. The van der Waals surface area contributed by atoms with Crippen molar-refractivity contribution in [1.29, 1.82) is 0 Å². The highest BCUT2D eigenvalue weighted by Gasteiger charge is 2.43. The van der Waals surface area contributed by atoms with Crippen molar-refractivity contribution in [1.82, 2.24) is 10.9 Å². The lowest BCUT2D eigenvalue weighted by atomic mass is 9.77. The van der Waals surface area contributed by atoms with E-state index in [-0.39, 0.29) is 23.6 Å². The van der Waals surface area contributed by atoms with Crippen LogP contribution in [0.25, 0.3) is 0 Å². The number of hydrogen-bond donors (Lipinski definition) is 3. The summed E-state index contributed by atoms with van der Waals surface area (Å²) in [6, 6.07) is 11.6. The van der Waals surface area contributed by atoms with Gasteiger partial charge >= 0.3 is 0 Å². The Balaban J connectivity index is 1.50. The minimum Gasteiger partial charge on any atom is -0.497 e. The van der Waals surface area contributed by atoms with Gasteiger partial charge < -0.3 is 10.1 Å². The fourth-order valence-corrected chi connectivity index (χ4v) is 3.96. The Hall–Kier alpha value is -2.97. The van der Waals surface area contributed by atoms with E-state index in [2.05, 4.69) is 16.2 Å². The number of hydrazine groups is 1. The summed E-state index contributed by atoms with van der Waals surface area (Å²) in [4.78, 5) is 23.2. The van der Waals surface area contributed by atoms with E-state index >= 15 is 0 Å². The molecule has 3 N–H and O–H groups in total. The molecule has 0 radical (unpaired) electrons. The van der Waals surface area contributed by atoms with Crippen LogP contribution in [-0.2, 0) is 11.2 Å². The summed E-state index contributed by atoms with van der Waals surface area (Å²) in [5.74, 6) is 0.732. The number of nitrogens with zero attached hydrogens (tertiary/aromatic N) is 1. The number of non-ortho nitro benzene ring substituents is 1.